The zero-order valence-electron chi connectivity index (χ0n) is 15.5. The van der Waals surface area contributed by atoms with Crippen molar-refractivity contribution in [1.29, 1.82) is 0 Å². The predicted octanol–water partition coefficient (Wildman–Crippen LogP) is 1.60. The first kappa shape index (κ1) is 18.7. The van der Waals surface area contributed by atoms with Crippen molar-refractivity contribution < 1.29 is 14.3 Å². The van der Waals surface area contributed by atoms with Gasteiger partial charge in [-0.2, -0.15) is 0 Å². The van der Waals surface area contributed by atoms with Gasteiger partial charge in [-0.25, -0.2) is 0 Å². The highest BCUT2D eigenvalue weighted by Crippen LogP contribution is 2.21. The average Bonchev–Trinajstić information content (AvgIpc) is 3.17. The maximum Gasteiger partial charge on any atom is 0.221 e. The summed E-state index contributed by atoms with van der Waals surface area (Å²) in [6.45, 7) is 5.27. The topological polar surface area (TPSA) is 75.2 Å². The standard InChI is InChI=1S/C19H28N4O3/c1-14(24)22-16-6-3-5-15(11-16)12-21-19(20-2)23-8-10-26-18(13-23)17-7-4-9-25-17/h3,5-6,11,17-18H,4,7-10,12-13H2,1-2H3,(H,20,21)(H,22,24). The van der Waals surface area contributed by atoms with Crippen molar-refractivity contribution in [3.8, 4) is 0 Å². The van der Waals surface area contributed by atoms with Crippen LogP contribution < -0.4 is 10.6 Å². The van der Waals surface area contributed by atoms with Gasteiger partial charge in [0, 0.05) is 45.9 Å². The lowest BCUT2D eigenvalue weighted by Crippen LogP contribution is -2.53. The maximum absolute atomic E-state index is 11.2. The molecule has 1 aromatic rings. The smallest absolute Gasteiger partial charge is 0.221 e. The van der Waals surface area contributed by atoms with Crippen molar-refractivity contribution in [3.63, 3.8) is 0 Å². The number of carbonyl (C=O) groups excluding carboxylic acids is 1. The monoisotopic (exact) mass is 360 g/mol. The van der Waals surface area contributed by atoms with Gasteiger partial charge in [0.25, 0.3) is 0 Å². The van der Waals surface area contributed by atoms with Gasteiger partial charge in [-0.1, -0.05) is 12.1 Å². The van der Waals surface area contributed by atoms with Crippen molar-refractivity contribution in [3.05, 3.63) is 29.8 Å². The lowest BCUT2D eigenvalue weighted by molar-refractivity contribution is -0.114. The Kier molecular flexibility index (Phi) is 6.46. The van der Waals surface area contributed by atoms with Crippen LogP contribution in [0.15, 0.2) is 29.3 Å². The number of hydrogen-bond donors (Lipinski definition) is 2. The molecule has 2 fully saturated rings. The zero-order chi connectivity index (χ0) is 18.4. The number of carbonyl (C=O) groups is 1. The van der Waals surface area contributed by atoms with Gasteiger partial charge in [-0.05, 0) is 30.5 Å². The van der Waals surface area contributed by atoms with E-state index in [0.29, 0.717) is 13.2 Å². The van der Waals surface area contributed by atoms with Crippen LogP contribution in [0.3, 0.4) is 0 Å². The molecule has 2 unspecified atom stereocenters. The number of nitrogens with zero attached hydrogens (tertiary/aromatic N) is 2. The Bertz CT molecular complexity index is 643. The van der Waals surface area contributed by atoms with Crippen molar-refractivity contribution >= 4 is 17.6 Å². The Labute approximate surface area is 154 Å². The Morgan fingerprint density at radius 2 is 2.15 bits per heavy atom. The van der Waals surface area contributed by atoms with Gasteiger partial charge in [-0.15, -0.1) is 0 Å². The van der Waals surface area contributed by atoms with E-state index >= 15 is 0 Å². The van der Waals surface area contributed by atoms with Crippen LogP contribution in [0.1, 0.15) is 25.3 Å². The molecule has 1 amide bonds. The summed E-state index contributed by atoms with van der Waals surface area (Å²) >= 11 is 0. The number of hydrogen-bond acceptors (Lipinski definition) is 4. The van der Waals surface area contributed by atoms with Gasteiger partial charge in [0.1, 0.15) is 6.10 Å². The van der Waals surface area contributed by atoms with E-state index in [-0.39, 0.29) is 18.1 Å². The zero-order valence-corrected chi connectivity index (χ0v) is 15.5. The summed E-state index contributed by atoms with van der Waals surface area (Å²) in [6, 6.07) is 7.82. The molecular weight excluding hydrogens is 332 g/mol. The number of guanidine groups is 1. The normalized spacial score (nSPS) is 23.8. The molecular formula is C19H28N4O3. The van der Waals surface area contributed by atoms with E-state index in [9.17, 15) is 4.79 Å². The molecule has 2 saturated heterocycles. The van der Waals surface area contributed by atoms with Crippen molar-refractivity contribution in [2.45, 2.75) is 38.5 Å². The summed E-state index contributed by atoms with van der Waals surface area (Å²) in [4.78, 5) is 17.9. The number of nitrogens with one attached hydrogen (secondary N) is 2. The van der Waals surface area contributed by atoms with E-state index in [1.165, 1.54) is 6.92 Å². The maximum atomic E-state index is 11.2. The molecule has 0 bridgehead atoms. The summed E-state index contributed by atoms with van der Waals surface area (Å²) in [6.07, 6.45) is 2.49. The number of anilines is 1. The average molecular weight is 360 g/mol. The van der Waals surface area contributed by atoms with E-state index in [2.05, 4.69) is 20.5 Å². The van der Waals surface area contributed by atoms with E-state index < -0.39 is 0 Å². The second-order valence-corrected chi connectivity index (χ2v) is 6.69. The van der Waals surface area contributed by atoms with Crippen LogP contribution in [-0.2, 0) is 20.8 Å². The molecule has 142 valence electrons. The Morgan fingerprint density at radius 1 is 1.31 bits per heavy atom. The number of morpholine rings is 1. The molecule has 0 saturated carbocycles. The molecule has 3 rings (SSSR count). The Balaban J connectivity index is 1.56. The molecule has 7 heteroatoms. The molecule has 0 spiro atoms. The highest BCUT2D eigenvalue weighted by Gasteiger charge is 2.32. The molecule has 26 heavy (non-hydrogen) atoms. The van der Waals surface area contributed by atoms with Gasteiger partial charge in [0.15, 0.2) is 5.96 Å². The highest BCUT2D eigenvalue weighted by atomic mass is 16.5. The number of rotatable bonds is 4. The van der Waals surface area contributed by atoms with Crippen LogP contribution in [0.4, 0.5) is 5.69 Å². The third-order valence-electron chi connectivity index (χ3n) is 4.68. The van der Waals surface area contributed by atoms with Gasteiger partial charge in [0.2, 0.25) is 5.91 Å². The number of ether oxygens (including phenoxy) is 2. The molecule has 2 atom stereocenters. The summed E-state index contributed by atoms with van der Waals surface area (Å²) in [5.74, 6) is 0.792. The van der Waals surface area contributed by atoms with E-state index in [1.54, 1.807) is 7.05 Å². The van der Waals surface area contributed by atoms with Crippen LogP contribution in [0.25, 0.3) is 0 Å². The first-order valence-corrected chi connectivity index (χ1v) is 9.21. The highest BCUT2D eigenvalue weighted by molar-refractivity contribution is 5.88. The largest absolute Gasteiger partial charge is 0.375 e. The minimum absolute atomic E-state index is 0.0700. The minimum atomic E-state index is -0.0700. The number of benzene rings is 1. The van der Waals surface area contributed by atoms with Crippen LogP contribution in [-0.4, -0.2) is 62.3 Å². The van der Waals surface area contributed by atoms with Crippen LogP contribution in [0.5, 0.6) is 0 Å². The Morgan fingerprint density at radius 3 is 2.88 bits per heavy atom. The van der Waals surface area contributed by atoms with Crippen LogP contribution in [0.2, 0.25) is 0 Å². The summed E-state index contributed by atoms with van der Waals surface area (Å²) in [7, 11) is 1.80. The van der Waals surface area contributed by atoms with Gasteiger partial charge in [0.05, 0.1) is 12.7 Å². The minimum Gasteiger partial charge on any atom is -0.375 e. The summed E-state index contributed by atoms with van der Waals surface area (Å²) in [5, 5.41) is 6.22. The molecule has 2 aliphatic heterocycles. The fourth-order valence-corrected chi connectivity index (χ4v) is 3.46. The first-order chi connectivity index (χ1) is 12.7. The predicted molar refractivity (Wildman–Crippen MR) is 101 cm³/mol. The fourth-order valence-electron chi connectivity index (χ4n) is 3.46. The fraction of sp³-hybridized carbons (Fsp3) is 0.579. The third kappa shape index (κ3) is 4.95. The van der Waals surface area contributed by atoms with Gasteiger partial charge >= 0.3 is 0 Å². The molecule has 2 aliphatic rings. The second-order valence-electron chi connectivity index (χ2n) is 6.69. The SMILES string of the molecule is CN=C(NCc1cccc(NC(C)=O)c1)N1CCOC(C2CCCO2)C1. The number of amides is 1. The van der Waals surface area contributed by atoms with Crippen molar-refractivity contribution in [2.24, 2.45) is 4.99 Å². The second kappa shape index (κ2) is 9.00. The lowest BCUT2D eigenvalue weighted by atomic mass is 10.1. The summed E-state index contributed by atoms with van der Waals surface area (Å²) in [5.41, 5.74) is 1.89. The summed E-state index contributed by atoms with van der Waals surface area (Å²) < 4.78 is 11.7. The Hall–Kier alpha value is -2.12. The van der Waals surface area contributed by atoms with E-state index in [4.69, 9.17) is 9.47 Å². The quantitative estimate of drug-likeness (QED) is 0.630. The van der Waals surface area contributed by atoms with E-state index in [0.717, 1.165) is 49.7 Å². The molecule has 2 N–H and O–H groups in total. The van der Waals surface area contributed by atoms with Gasteiger partial charge < -0.3 is 25.0 Å². The lowest BCUT2D eigenvalue weighted by Gasteiger charge is -2.37. The number of aliphatic imine (C=N–C) groups is 1. The molecule has 2 heterocycles. The van der Waals surface area contributed by atoms with Crippen molar-refractivity contribution in [1.82, 2.24) is 10.2 Å². The third-order valence-corrected chi connectivity index (χ3v) is 4.68. The van der Waals surface area contributed by atoms with Crippen molar-refractivity contribution in [2.75, 3.05) is 38.7 Å². The molecule has 7 nitrogen and oxygen atoms in total. The molecule has 1 aromatic carbocycles. The van der Waals surface area contributed by atoms with Gasteiger partial charge in [-0.3, -0.25) is 9.79 Å². The van der Waals surface area contributed by atoms with Crippen LogP contribution in [0, 0.1) is 0 Å². The molecule has 0 aromatic heterocycles. The first-order valence-electron chi connectivity index (χ1n) is 9.21. The molecule has 0 aliphatic carbocycles. The van der Waals surface area contributed by atoms with E-state index in [1.807, 2.05) is 24.3 Å². The van der Waals surface area contributed by atoms with Crippen LogP contribution >= 0.6 is 0 Å². The molecule has 0 radical (unpaired) electrons.